The van der Waals surface area contributed by atoms with E-state index < -0.39 is 10.8 Å². The summed E-state index contributed by atoms with van der Waals surface area (Å²) in [5, 5.41) is 0. The Morgan fingerprint density at radius 2 is 1.04 bits per heavy atom. The van der Waals surface area contributed by atoms with Crippen molar-refractivity contribution in [3.8, 4) is 0 Å². The first kappa shape index (κ1) is 65.5. The summed E-state index contributed by atoms with van der Waals surface area (Å²) in [7, 11) is 6.35. The number of fused-ring (bicyclic) bond motifs is 9. The predicted molar refractivity (Wildman–Crippen MR) is 326 cm³/mol. The minimum Gasteiger partial charge on any atom is -0.469 e. The highest BCUT2D eigenvalue weighted by Crippen LogP contribution is 2.60. The van der Waals surface area contributed by atoms with Gasteiger partial charge in [0.1, 0.15) is 0 Å². The van der Waals surface area contributed by atoms with E-state index in [1.165, 1.54) is 65.8 Å². The number of aryl methyl sites for hydroxylation is 1. The molecule has 3 aromatic rings. The first-order chi connectivity index (χ1) is 36.8. The fourth-order valence-corrected chi connectivity index (χ4v) is 15.3. The molecule has 0 radical (unpaired) electrons. The highest BCUT2D eigenvalue weighted by molar-refractivity contribution is 5.96. The molecule has 9 atom stereocenters. The predicted octanol–water partition coefficient (Wildman–Crippen LogP) is 17.5. The molecular weight excluding hydrogens is 967 g/mol. The van der Waals surface area contributed by atoms with Crippen LogP contribution in [0.1, 0.15) is 245 Å². The van der Waals surface area contributed by atoms with E-state index >= 15 is 0 Å². The molecule has 6 aliphatic rings. The van der Waals surface area contributed by atoms with Gasteiger partial charge >= 0.3 is 17.9 Å². The molecule has 1 heterocycles. The number of esters is 3. The number of hydrogen-bond donors (Lipinski definition) is 0. The third-order valence-corrected chi connectivity index (χ3v) is 19.7. The monoisotopic (exact) mass is 1070 g/mol. The second kappa shape index (κ2) is 26.5. The van der Waals surface area contributed by atoms with Crippen molar-refractivity contribution in [2.45, 2.75) is 223 Å². The Hall–Kier alpha value is -4.98. The van der Waals surface area contributed by atoms with Crippen molar-refractivity contribution in [3.63, 3.8) is 0 Å². The van der Waals surface area contributed by atoms with Crippen LogP contribution in [0.2, 0.25) is 0 Å². The molecule has 1 aliphatic heterocycles. The van der Waals surface area contributed by atoms with E-state index in [1.54, 1.807) is 4.90 Å². The van der Waals surface area contributed by atoms with Crippen molar-refractivity contribution < 1.29 is 33.4 Å². The number of allylic oxidation sites excluding steroid dienone is 2. The molecule has 0 saturated heterocycles. The van der Waals surface area contributed by atoms with Gasteiger partial charge in [-0.2, -0.15) is 0 Å². The number of anilines is 1. The number of hydrogen-bond acceptors (Lipinski definition) is 7. The molecule has 9 unspecified atom stereocenters. The van der Waals surface area contributed by atoms with Crippen LogP contribution in [0.25, 0.3) is 11.6 Å². The van der Waals surface area contributed by atoms with Gasteiger partial charge in [0.25, 0.3) is 0 Å². The molecule has 8 heteroatoms. The number of benzene rings is 3. The summed E-state index contributed by atoms with van der Waals surface area (Å²) in [5.74, 6) is 1.23. The van der Waals surface area contributed by atoms with Crippen molar-refractivity contribution in [2.75, 3.05) is 33.3 Å². The summed E-state index contributed by atoms with van der Waals surface area (Å²) in [5.41, 5.74) is 11.2. The van der Waals surface area contributed by atoms with E-state index in [0.29, 0.717) is 24.2 Å². The zero-order valence-electron chi connectivity index (χ0n) is 52.7. The first-order valence-corrected chi connectivity index (χ1v) is 30.1. The van der Waals surface area contributed by atoms with Crippen molar-refractivity contribution in [3.05, 3.63) is 112 Å². The first-order valence-electron chi connectivity index (χ1n) is 30.1. The third kappa shape index (κ3) is 12.0. The van der Waals surface area contributed by atoms with Crippen molar-refractivity contribution in [1.29, 1.82) is 0 Å². The van der Waals surface area contributed by atoms with E-state index in [-0.39, 0.29) is 57.3 Å². The van der Waals surface area contributed by atoms with Gasteiger partial charge in [0.2, 0.25) is 5.91 Å². The molecule has 5 aliphatic carbocycles. The van der Waals surface area contributed by atoms with Gasteiger partial charge in [-0.3, -0.25) is 19.2 Å². The molecule has 3 fully saturated rings. The summed E-state index contributed by atoms with van der Waals surface area (Å²) in [4.78, 5) is 52.5. The molecule has 0 aromatic heterocycles. The summed E-state index contributed by atoms with van der Waals surface area (Å²) in [6, 6.07) is 20.2. The fraction of sp³-hybridized carbons (Fsp3) is 0.629. The molecule has 1 amide bonds. The van der Waals surface area contributed by atoms with Gasteiger partial charge in [-0.05, 0) is 164 Å². The highest BCUT2D eigenvalue weighted by atomic mass is 16.5. The standard InChI is InChI=1S/C22H31NO3.2C21H28O2.3C2H6/c1-14(2)15-8-9-16-17(12-15)23(5)19(24)13-18-21(16,3)10-7-11-22(18,4)20(25)26-6;2*1-14(2)15-7-9-17-16(13-15)8-10-18-20(17,3)11-6-12-21(18,4)19(22)23-5;3*1-2/h8-9,12,14,18H,7,10-11,13H2,1-6H3;7-10,13-14,18H,6,11-12H2,1-5H3;7,9,13,18H,1,6,8,10-12H2,2-5H3;3*1-2H3. The van der Waals surface area contributed by atoms with Gasteiger partial charge in [0, 0.05) is 30.5 Å². The lowest BCUT2D eigenvalue weighted by Gasteiger charge is -2.54. The maximum absolute atomic E-state index is 13.0. The maximum Gasteiger partial charge on any atom is 0.312 e. The number of carbonyl (C=O) groups excluding carboxylic acids is 4. The maximum atomic E-state index is 13.0. The Labute approximate surface area is 474 Å². The Morgan fingerprint density at radius 1 is 0.590 bits per heavy atom. The second-order valence-electron chi connectivity index (χ2n) is 24.8. The topological polar surface area (TPSA) is 99.2 Å². The Bertz CT molecular complexity index is 2630. The number of carbonyl (C=O) groups is 4. The zero-order chi connectivity index (χ0) is 58.9. The number of methoxy groups -OCH3 is 3. The third-order valence-electron chi connectivity index (χ3n) is 19.7. The summed E-state index contributed by atoms with van der Waals surface area (Å²) in [6.45, 7) is 40.0. The molecule has 0 spiro atoms. The van der Waals surface area contributed by atoms with Gasteiger partial charge in [0.15, 0.2) is 0 Å². The quantitative estimate of drug-likeness (QED) is 0.179. The van der Waals surface area contributed by atoms with E-state index in [1.807, 2.05) is 55.5 Å². The van der Waals surface area contributed by atoms with Gasteiger partial charge in [-0.25, -0.2) is 0 Å². The Morgan fingerprint density at radius 3 is 1.55 bits per heavy atom. The average molecular weight is 1070 g/mol. The zero-order valence-corrected chi connectivity index (χ0v) is 52.7. The van der Waals surface area contributed by atoms with Crippen LogP contribution in [0.4, 0.5) is 5.69 Å². The molecular formula is C70H105NO7. The van der Waals surface area contributed by atoms with Gasteiger partial charge in [0.05, 0.1) is 37.6 Å². The molecule has 8 nitrogen and oxygen atoms in total. The Kier molecular flexibility index (Phi) is 22.3. The van der Waals surface area contributed by atoms with E-state index in [9.17, 15) is 19.2 Å². The molecule has 9 rings (SSSR count). The van der Waals surface area contributed by atoms with Crippen LogP contribution < -0.4 is 4.90 Å². The smallest absolute Gasteiger partial charge is 0.312 e. The number of rotatable bonds is 6. The largest absolute Gasteiger partial charge is 0.469 e. The Balaban J connectivity index is 0.000000241. The van der Waals surface area contributed by atoms with Crippen LogP contribution in [0.15, 0.2) is 67.3 Å². The lowest BCUT2D eigenvalue weighted by Crippen LogP contribution is -2.52. The molecule has 78 heavy (non-hydrogen) atoms. The van der Waals surface area contributed by atoms with E-state index in [4.69, 9.17) is 14.2 Å². The fourth-order valence-electron chi connectivity index (χ4n) is 15.3. The molecule has 0 N–H and O–H groups in total. The van der Waals surface area contributed by atoms with Crippen LogP contribution in [0.3, 0.4) is 0 Å². The normalized spacial score (nSPS) is 29.8. The van der Waals surface area contributed by atoms with Crippen molar-refractivity contribution >= 4 is 41.2 Å². The van der Waals surface area contributed by atoms with E-state index in [0.717, 1.165) is 81.9 Å². The van der Waals surface area contributed by atoms with Crippen LogP contribution in [0.5, 0.6) is 0 Å². The lowest BCUT2D eigenvalue weighted by atomic mass is 9.50. The van der Waals surface area contributed by atoms with Crippen LogP contribution in [0, 0.1) is 34.0 Å². The minimum atomic E-state index is -0.628. The van der Waals surface area contributed by atoms with Gasteiger partial charge in [-0.15, -0.1) is 0 Å². The van der Waals surface area contributed by atoms with Crippen molar-refractivity contribution in [2.24, 2.45) is 34.0 Å². The van der Waals surface area contributed by atoms with Crippen LogP contribution in [-0.2, 0) is 56.1 Å². The van der Waals surface area contributed by atoms with Crippen molar-refractivity contribution in [1.82, 2.24) is 0 Å². The number of amides is 1. The molecule has 432 valence electrons. The van der Waals surface area contributed by atoms with Crippen LogP contribution in [-0.4, -0.2) is 52.2 Å². The number of nitrogens with zero attached hydrogens (tertiary/aromatic N) is 1. The molecule has 0 bridgehead atoms. The second-order valence-corrected chi connectivity index (χ2v) is 24.8. The summed E-state index contributed by atoms with van der Waals surface area (Å²) >= 11 is 0. The van der Waals surface area contributed by atoms with Crippen LogP contribution >= 0.6 is 0 Å². The molecule has 3 saturated carbocycles. The SMILES string of the molecule is C=C(C)c1ccc2c(c1)CCC1C(C)(C(=O)OC)CCCC21C.CC.CC.CC.COC(=O)C1(C)CCCC2(C)c3ccc(C(C)C)cc3C=CC12.COC(=O)C1(C)CCCC2(C)c3ccc(C(C)C)cc3N(C)C(=O)CC12. The van der Waals surface area contributed by atoms with E-state index in [2.05, 4.69) is 143 Å². The average Bonchev–Trinajstić information content (AvgIpc) is 3.56. The molecule has 3 aromatic carbocycles. The number of ether oxygens (including phenoxy) is 3. The lowest BCUT2D eigenvalue weighted by molar-refractivity contribution is -0.162. The van der Waals surface area contributed by atoms with Gasteiger partial charge in [-0.1, -0.05) is 182 Å². The highest BCUT2D eigenvalue weighted by Gasteiger charge is 2.58. The van der Waals surface area contributed by atoms with Gasteiger partial charge < -0.3 is 19.1 Å². The minimum absolute atomic E-state index is 0.0147. The summed E-state index contributed by atoms with van der Waals surface area (Å²) in [6.07, 6.45) is 16.0. The summed E-state index contributed by atoms with van der Waals surface area (Å²) < 4.78 is 15.5.